The minimum atomic E-state index is -4.04. The maximum Gasteiger partial charge on any atom is 0.400 e. The molecule has 21 heavy (non-hydrogen) atoms. The molecule has 0 aromatic carbocycles. The molecule has 0 heterocycles. The van der Waals surface area contributed by atoms with Gasteiger partial charge >= 0.3 is 10.4 Å². The van der Waals surface area contributed by atoms with E-state index >= 15 is 0 Å². The lowest BCUT2D eigenvalue weighted by molar-refractivity contribution is 0.00756. The van der Waals surface area contributed by atoms with Crippen LogP contribution < -0.4 is 0 Å². The van der Waals surface area contributed by atoms with E-state index < -0.39 is 21.6 Å². The molecule has 5 heteroatoms. The first-order valence-electron chi connectivity index (χ1n) is 7.49. The molecule has 0 unspecified atom stereocenters. The highest BCUT2D eigenvalue weighted by Crippen LogP contribution is 2.34. The Labute approximate surface area is 131 Å². The zero-order valence-corrected chi connectivity index (χ0v) is 16.3. The minimum Gasteiger partial charge on any atom is -0.242 e. The number of hydrogen-bond donors (Lipinski definition) is 0. The maximum atomic E-state index is 12.2. The molecule has 128 valence electrons. The molecular formula is C16H34O4S. The topological polar surface area (TPSA) is 52.6 Å². The van der Waals surface area contributed by atoms with Crippen molar-refractivity contribution in [3.05, 3.63) is 0 Å². The first kappa shape index (κ1) is 20.9. The predicted octanol–water partition coefficient (Wildman–Crippen LogP) is 4.69. The molecule has 0 atom stereocenters. The van der Waals surface area contributed by atoms with Crippen LogP contribution in [0.2, 0.25) is 0 Å². The van der Waals surface area contributed by atoms with Crippen LogP contribution in [0.25, 0.3) is 0 Å². The van der Waals surface area contributed by atoms with Gasteiger partial charge in [0.25, 0.3) is 0 Å². The van der Waals surface area contributed by atoms with Crippen LogP contribution in [0.3, 0.4) is 0 Å². The Morgan fingerprint density at radius 3 is 1.05 bits per heavy atom. The van der Waals surface area contributed by atoms with Crippen molar-refractivity contribution in [2.75, 3.05) is 0 Å². The highest BCUT2D eigenvalue weighted by molar-refractivity contribution is 7.81. The molecule has 0 amide bonds. The highest BCUT2D eigenvalue weighted by Gasteiger charge is 2.37. The van der Waals surface area contributed by atoms with Crippen LogP contribution in [-0.2, 0) is 18.8 Å². The molecule has 0 fully saturated rings. The van der Waals surface area contributed by atoms with Crippen LogP contribution in [0.4, 0.5) is 0 Å². The Morgan fingerprint density at radius 1 is 0.619 bits per heavy atom. The molecule has 0 aromatic heterocycles. The van der Waals surface area contributed by atoms with Crippen molar-refractivity contribution in [1.29, 1.82) is 0 Å². The summed E-state index contributed by atoms with van der Waals surface area (Å²) in [4.78, 5) is 0. The van der Waals surface area contributed by atoms with Crippen LogP contribution in [0.1, 0.15) is 82.1 Å². The van der Waals surface area contributed by atoms with E-state index in [2.05, 4.69) is 41.5 Å². The van der Waals surface area contributed by atoms with Crippen molar-refractivity contribution in [3.8, 4) is 0 Å². The zero-order chi connectivity index (χ0) is 17.3. The first-order chi connectivity index (χ1) is 8.83. The van der Waals surface area contributed by atoms with E-state index in [4.69, 9.17) is 8.37 Å². The van der Waals surface area contributed by atoms with Gasteiger partial charge in [0.1, 0.15) is 0 Å². The van der Waals surface area contributed by atoms with E-state index in [9.17, 15) is 8.42 Å². The summed E-state index contributed by atoms with van der Waals surface area (Å²) in [5.74, 6) is 0. The first-order valence-corrected chi connectivity index (χ1v) is 8.82. The second-order valence-corrected chi connectivity index (χ2v) is 10.7. The van der Waals surface area contributed by atoms with Crippen LogP contribution in [0.5, 0.6) is 0 Å². The fourth-order valence-electron chi connectivity index (χ4n) is 3.18. The van der Waals surface area contributed by atoms with Crippen LogP contribution in [0, 0.1) is 10.8 Å². The summed E-state index contributed by atoms with van der Waals surface area (Å²) < 4.78 is 35.0. The van der Waals surface area contributed by atoms with Crippen LogP contribution in [-0.4, -0.2) is 19.6 Å². The van der Waals surface area contributed by atoms with Crippen molar-refractivity contribution in [1.82, 2.24) is 0 Å². The van der Waals surface area contributed by atoms with Crippen molar-refractivity contribution >= 4 is 10.4 Å². The minimum absolute atomic E-state index is 0.0278. The molecule has 0 saturated carbocycles. The monoisotopic (exact) mass is 322 g/mol. The van der Waals surface area contributed by atoms with Gasteiger partial charge in [-0.2, -0.15) is 8.42 Å². The fourth-order valence-corrected chi connectivity index (χ4v) is 4.44. The van der Waals surface area contributed by atoms with Gasteiger partial charge in [-0.25, -0.2) is 8.37 Å². The third kappa shape index (κ3) is 11.1. The third-order valence-corrected chi connectivity index (χ3v) is 3.88. The quantitative estimate of drug-likeness (QED) is 0.711. The van der Waals surface area contributed by atoms with Gasteiger partial charge in [0.15, 0.2) is 0 Å². The molecule has 0 aliphatic heterocycles. The molecular weight excluding hydrogens is 288 g/mol. The van der Waals surface area contributed by atoms with Crippen molar-refractivity contribution in [3.63, 3.8) is 0 Å². The van der Waals surface area contributed by atoms with Crippen LogP contribution in [0.15, 0.2) is 0 Å². The lowest BCUT2D eigenvalue weighted by Gasteiger charge is -2.34. The molecule has 0 spiro atoms. The summed E-state index contributed by atoms with van der Waals surface area (Å²) in [6.45, 7) is 19.4. The van der Waals surface area contributed by atoms with Crippen LogP contribution >= 0.6 is 0 Å². The second kappa shape index (κ2) is 6.17. The molecule has 0 bridgehead atoms. The molecule has 0 aromatic rings. The van der Waals surface area contributed by atoms with E-state index in [1.165, 1.54) is 0 Å². The smallest absolute Gasteiger partial charge is 0.242 e. The summed E-state index contributed by atoms with van der Waals surface area (Å²) in [6, 6.07) is 0. The standard InChI is InChI=1S/C16H34O4S/c1-13(2,3)11-15(7,8)19-21(17,18)20-16(9,10)12-14(4,5)6/h11-12H2,1-10H3. The van der Waals surface area contributed by atoms with Crippen molar-refractivity contribution in [2.45, 2.75) is 93.3 Å². The average molecular weight is 323 g/mol. The van der Waals surface area contributed by atoms with Gasteiger partial charge in [0.05, 0.1) is 11.2 Å². The summed E-state index contributed by atoms with van der Waals surface area (Å²) in [6.07, 6.45) is 1.23. The Bertz CT molecular complexity index is 398. The Kier molecular flexibility index (Phi) is 6.13. The van der Waals surface area contributed by atoms with Crippen molar-refractivity contribution in [2.24, 2.45) is 10.8 Å². The Morgan fingerprint density at radius 2 is 0.857 bits per heavy atom. The molecule has 0 saturated heterocycles. The fraction of sp³-hybridized carbons (Fsp3) is 1.00. The molecule has 0 aliphatic rings. The highest BCUT2D eigenvalue weighted by atomic mass is 32.3. The SMILES string of the molecule is CC(C)(C)CC(C)(C)OS(=O)(=O)OC(C)(C)CC(C)(C)C. The predicted molar refractivity (Wildman–Crippen MR) is 87.4 cm³/mol. The third-order valence-electron chi connectivity index (χ3n) is 2.57. The van der Waals surface area contributed by atoms with E-state index in [1.807, 2.05) is 0 Å². The van der Waals surface area contributed by atoms with E-state index in [0.717, 1.165) is 0 Å². The lowest BCUT2D eigenvalue weighted by Crippen LogP contribution is -2.38. The summed E-state index contributed by atoms with van der Waals surface area (Å²) in [5, 5.41) is 0. The molecule has 4 nitrogen and oxygen atoms in total. The largest absolute Gasteiger partial charge is 0.400 e. The van der Waals surface area contributed by atoms with Gasteiger partial charge < -0.3 is 0 Å². The van der Waals surface area contributed by atoms with E-state index in [-0.39, 0.29) is 10.8 Å². The zero-order valence-electron chi connectivity index (χ0n) is 15.5. The Balaban J connectivity index is 4.93. The van der Waals surface area contributed by atoms with Gasteiger partial charge in [-0.15, -0.1) is 0 Å². The summed E-state index contributed by atoms with van der Waals surface area (Å²) in [5.41, 5.74) is -1.65. The van der Waals surface area contributed by atoms with Gasteiger partial charge in [-0.1, -0.05) is 41.5 Å². The molecule has 0 N–H and O–H groups in total. The Hall–Kier alpha value is -0.130. The summed E-state index contributed by atoms with van der Waals surface area (Å²) >= 11 is 0. The van der Waals surface area contributed by atoms with E-state index in [0.29, 0.717) is 12.8 Å². The van der Waals surface area contributed by atoms with Crippen molar-refractivity contribution < 1.29 is 16.8 Å². The van der Waals surface area contributed by atoms with E-state index in [1.54, 1.807) is 27.7 Å². The molecule has 0 aliphatic carbocycles. The van der Waals surface area contributed by atoms with Gasteiger partial charge in [-0.3, -0.25) is 0 Å². The van der Waals surface area contributed by atoms with Gasteiger partial charge in [0.2, 0.25) is 0 Å². The number of hydrogen-bond acceptors (Lipinski definition) is 4. The summed E-state index contributed by atoms with van der Waals surface area (Å²) in [7, 11) is -4.04. The molecule has 0 radical (unpaired) electrons. The maximum absolute atomic E-state index is 12.2. The normalized spacial score (nSPS) is 15.3. The molecule has 0 rings (SSSR count). The van der Waals surface area contributed by atoms with Gasteiger partial charge in [0, 0.05) is 0 Å². The average Bonchev–Trinajstić information content (AvgIpc) is 1.83. The van der Waals surface area contributed by atoms with Gasteiger partial charge in [-0.05, 0) is 51.4 Å². The second-order valence-electron chi connectivity index (χ2n) is 9.57. The lowest BCUT2D eigenvalue weighted by atomic mass is 9.84. The number of rotatable bonds is 6.